The van der Waals surface area contributed by atoms with Gasteiger partial charge in [0.1, 0.15) is 11.2 Å². The molecule has 2 aliphatic carbocycles. The molecule has 0 N–H and O–H groups in total. The lowest BCUT2D eigenvalue weighted by molar-refractivity contribution is 0.353. The molecule has 0 amide bonds. The number of aromatic nitrogens is 2. The molecule has 0 radical (unpaired) electrons. The summed E-state index contributed by atoms with van der Waals surface area (Å²) < 4.78 is 8.63. The SMILES string of the molecule is c1cc(-c2ccc3c(c2)C2(CCCCC2)c2ccccc2-3)cc(-c2nc(-c3ccc4c(c3)oc3ccccc34)c3sc4ccccc4c3n2)c1. The smallest absolute Gasteiger partial charge is 0.160 e. The van der Waals surface area contributed by atoms with E-state index in [1.54, 1.807) is 11.3 Å². The highest BCUT2D eigenvalue weighted by molar-refractivity contribution is 7.26. The van der Waals surface area contributed by atoms with Crippen LogP contribution < -0.4 is 0 Å². The predicted octanol–water partition coefficient (Wildman–Crippen LogP) is 13.0. The Hall–Kier alpha value is -5.58. The molecule has 50 heavy (non-hydrogen) atoms. The predicted molar refractivity (Wildman–Crippen MR) is 208 cm³/mol. The molecular weight excluding hydrogens is 629 g/mol. The Morgan fingerprint density at radius 1 is 0.520 bits per heavy atom. The second-order valence-electron chi connectivity index (χ2n) is 14.0. The van der Waals surface area contributed by atoms with Crippen LogP contribution in [0.25, 0.3) is 87.1 Å². The van der Waals surface area contributed by atoms with Crippen molar-refractivity contribution in [1.29, 1.82) is 0 Å². The number of hydrogen-bond acceptors (Lipinski definition) is 4. The molecule has 6 aromatic carbocycles. The largest absolute Gasteiger partial charge is 0.456 e. The number of nitrogens with zero attached hydrogens (tertiary/aromatic N) is 2. The quantitative estimate of drug-likeness (QED) is 0.189. The first-order valence-corrected chi connectivity index (χ1v) is 18.5. The fraction of sp³-hybridized carbons (Fsp3) is 0.130. The zero-order valence-corrected chi connectivity index (χ0v) is 28.3. The van der Waals surface area contributed by atoms with Crippen LogP contribution in [0.1, 0.15) is 43.2 Å². The molecule has 238 valence electrons. The molecule has 3 aromatic heterocycles. The molecule has 1 spiro atoms. The Morgan fingerprint density at radius 2 is 1.26 bits per heavy atom. The average molecular weight is 661 g/mol. The molecule has 4 heteroatoms. The molecule has 0 unspecified atom stereocenters. The maximum Gasteiger partial charge on any atom is 0.160 e. The van der Waals surface area contributed by atoms with Gasteiger partial charge in [-0.1, -0.05) is 116 Å². The van der Waals surface area contributed by atoms with Gasteiger partial charge in [0.25, 0.3) is 0 Å². The lowest BCUT2D eigenvalue weighted by Gasteiger charge is -2.36. The molecule has 0 bridgehead atoms. The van der Waals surface area contributed by atoms with E-state index in [1.807, 2.05) is 12.1 Å². The lowest BCUT2D eigenvalue weighted by Crippen LogP contribution is -2.28. The minimum atomic E-state index is 0.127. The number of rotatable bonds is 3. The maximum absolute atomic E-state index is 6.32. The van der Waals surface area contributed by atoms with E-state index in [4.69, 9.17) is 14.4 Å². The Bertz CT molecular complexity index is 2820. The highest BCUT2D eigenvalue weighted by Crippen LogP contribution is 2.56. The topological polar surface area (TPSA) is 38.9 Å². The van der Waals surface area contributed by atoms with Gasteiger partial charge in [-0.3, -0.25) is 0 Å². The zero-order valence-electron chi connectivity index (χ0n) is 27.4. The molecular formula is C46H32N2OS. The van der Waals surface area contributed by atoms with Crippen molar-refractivity contribution < 1.29 is 4.42 Å². The first-order chi connectivity index (χ1) is 24.7. The summed E-state index contributed by atoms with van der Waals surface area (Å²) in [4.78, 5) is 10.6. The second kappa shape index (κ2) is 10.7. The molecule has 3 heterocycles. The van der Waals surface area contributed by atoms with Gasteiger partial charge in [-0.2, -0.15) is 0 Å². The second-order valence-corrected chi connectivity index (χ2v) is 15.1. The number of hydrogen-bond donors (Lipinski definition) is 0. The van der Waals surface area contributed by atoms with E-state index in [0.717, 1.165) is 60.2 Å². The number of furan rings is 1. The van der Waals surface area contributed by atoms with E-state index in [0.29, 0.717) is 0 Å². The normalized spacial score (nSPS) is 15.0. The van der Waals surface area contributed by atoms with Crippen LogP contribution in [0.15, 0.2) is 138 Å². The van der Waals surface area contributed by atoms with Gasteiger partial charge in [-0.05, 0) is 82.6 Å². The lowest BCUT2D eigenvalue weighted by atomic mass is 9.67. The van der Waals surface area contributed by atoms with Crippen molar-refractivity contribution in [2.24, 2.45) is 0 Å². The summed E-state index contributed by atoms with van der Waals surface area (Å²) in [7, 11) is 0. The van der Waals surface area contributed by atoms with Crippen molar-refractivity contribution in [2.75, 3.05) is 0 Å². The van der Waals surface area contributed by atoms with E-state index < -0.39 is 0 Å². The third-order valence-electron chi connectivity index (χ3n) is 11.3. The summed E-state index contributed by atoms with van der Waals surface area (Å²) in [5.41, 5.74) is 14.2. The van der Waals surface area contributed by atoms with Gasteiger partial charge in [0.05, 0.1) is 15.9 Å². The van der Waals surface area contributed by atoms with Crippen molar-refractivity contribution in [1.82, 2.24) is 9.97 Å². The van der Waals surface area contributed by atoms with Crippen LogP contribution >= 0.6 is 11.3 Å². The molecule has 0 atom stereocenters. The van der Waals surface area contributed by atoms with E-state index >= 15 is 0 Å². The first-order valence-electron chi connectivity index (χ1n) is 17.7. The number of benzene rings is 6. The molecule has 11 rings (SSSR count). The van der Waals surface area contributed by atoms with E-state index in [2.05, 4.69) is 121 Å². The molecule has 0 aliphatic heterocycles. The Balaban J connectivity index is 1.07. The highest BCUT2D eigenvalue weighted by Gasteiger charge is 2.43. The van der Waals surface area contributed by atoms with Gasteiger partial charge in [0.2, 0.25) is 0 Å². The Kier molecular flexibility index (Phi) is 6.06. The van der Waals surface area contributed by atoms with Gasteiger partial charge >= 0.3 is 0 Å². The summed E-state index contributed by atoms with van der Waals surface area (Å²) in [6.45, 7) is 0. The van der Waals surface area contributed by atoms with Gasteiger partial charge in [-0.25, -0.2) is 9.97 Å². The van der Waals surface area contributed by atoms with Crippen molar-refractivity contribution in [3.8, 4) is 44.9 Å². The minimum absolute atomic E-state index is 0.127. The third-order valence-corrected chi connectivity index (χ3v) is 12.5. The van der Waals surface area contributed by atoms with Crippen LogP contribution in [0.5, 0.6) is 0 Å². The Labute approximate surface area is 293 Å². The molecule has 9 aromatic rings. The standard InChI is InChI=1S/C46H32N2OS/c1-8-23-46(24-9-1)37-16-5-2-13-32(37)33-21-19-29(26-38(33)46)28-11-10-12-31(25-28)45-47-42(44-43(48-45)36-15-4-7-18-41(36)50-44)30-20-22-35-34-14-3-6-17-39(34)49-40(35)27-30/h2-7,10-22,25-27H,1,8-9,23-24H2. The van der Waals surface area contributed by atoms with Crippen LogP contribution in [-0.2, 0) is 5.41 Å². The molecule has 2 aliphatic rings. The number of para-hydroxylation sites is 1. The van der Waals surface area contributed by atoms with Gasteiger partial charge in [0.15, 0.2) is 5.82 Å². The van der Waals surface area contributed by atoms with Gasteiger partial charge < -0.3 is 4.42 Å². The summed E-state index contributed by atoms with van der Waals surface area (Å²) in [5.74, 6) is 0.736. The first kappa shape index (κ1) is 28.3. The molecule has 1 saturated carbocycles. The van der Waals surface area contributed by atoms with Crippen LogP contribution in [0.4, 0.5) is 0 Å². The summed E-state index contributed by atoms with van der Waals surface area (Å²) in [6.07, 6.45) is 6.36. The van der Waals surface area contributed by atoms with E-state index in [-0.39, 0.29) is 5.41 Å². The minimum Gasteiger partial charge on any atom is -0.456 e. The van der Waals surface area contributed by atoms with Crippen LogP contribution in [0.2, 0.25) is 0 Å². The summed E-state index contributed by atoms with van der Waals surface area (Å²) in [5, 5.41) is 3.41. The molecule has 0 saturated heterocycles. The van der Waals surface area contributed by atoms with Crippen LogP contribution in [-0.4, -0.2) is 9.97 Å². The Morgan fingerprint density at radius 3 is 2.20 bits per heavy atom. The maximum atomic E-state index is 6.32. The van der Waals surface area contributed by atoms with Crippen LogP contribution in [0.3, 0.4) is 0 Å². The fourth-order valence-corrected chi connectivity index (χ4v) is 10.1. The van der Waals surface area contributed by atoms with E-state index in [9.17, 15) is 0 Å². The summed E-state index contributed by atoms with van der Waals surface area (Å²) >= 11 is 1.76. The van der Waals surface area contributed by atoms with E-state index in [1.165, 1.54) is 70.2 Å². The third kappa shape index (κ3) is 4.09. The highest BCUT2D eigenvalue weighted by atomic mass is 32.1. The van der Waals surface area contributed by atoms with Crippen molar-refractivity contribution >= 4 is 53.6 Å². The number of thiophene rings is 1. The van der Waals surface area contributed by atoms with Crippen LogP contribution in [0, 0.1) is 0 Å². The number of fused-ring (bicyclic) bond motifs is 11. The molecule has 3 nitrogen and oxygen atoms in total. The van der Waals surface area contributed by atoms with Crippen molar-refractivity contribution in [2.45, 2.75) is 37.5 Å². The fourth-order valence-electron chi connectivity index (χ4n) is 8.96. The van der Waals surface area contributed by atoms with Crippen molar-refractivity contribution in [3.05, 3.63) is 145 Å². The van der Waals surface area contributed by atoms with Crippen molar-refractivity contribution in [3.63, 3.8) is 0 Å². The van der Waals surface area contributed by atoms with Gasteiger partial charge in [0, 0.05) is 37.4 Å². The zero-order chi connectivity index (χ0) is 32.8. The monoisotopic (exact) mass is 660 g/mol. The summed E-state index contributed by atoms with van der Waals surface area (Å²) in [6, 6.07) is 48.4. The average Bonchev–Trinajstić information content (AvgIpc) is 3.83. The molecule has 1 fully saturated rings. The van der Waals surface area contributed by atoms with Gasteiger partial charge in [-0.15, -0.1) is 11.3 Å².